The maximum absolute atomic E-state index is 13.7. The van der Waals surface area contributed by atoms with Crippen molar-refractivity contribution in [3.8, 4) is 46.6 Å². The number of hydrogen-bond donors (Lipinski definition) is 1. The summed E-state index contributed by atoms with van der Waals surface area (Å²) in [5.74, 6) is 6.44. The lowest BCUT2D eigenvalue weighted by Gasteiger charge is -2.20. The molecule has 5 rings (SSSR count). The van der Waals surface area contributed by atoms with E-state index in [1.54, 1.807) is 54.6 Å². The summed E-state index contributed by atoms with van der Waals surface area (Å²) < 4.78 is 47.7. The van der Waals surface area contributed by atoms with Crippen molar-refractivity contribution in [1.29, 1.82) is 0 Å². The van der Waals surface area contributed by atoms with Gasteiger partial charge in [-0.05, 0) is 53.4 Å². The number of benzene rings is 3. The fourth-order valence-corrected chi connectivity index (χ4v) is 5.11. The van der Waals surface area contributed by atoms with E-state index in [1.165, 1.54) is 19.5 Å². The molecule has 0 spiro atoms. The van der Waals surface area contributed by atoms with Crippen molar-refractivity contribution in [2.24, 2.45) is 0 Å². The van der Waals surface area contributed by atoms with Crippen LogP contribution in [-0.2, 0) is 15.4 Å². The Morgan fingerprint density at radius 1 is 0.800 bits per heavy atom. The SMILES string of the molecule is COc1ccccc1Oc1c(NS(=O)(=O)c2ccc(C(C)(C)C)cc2)nc(-c2ncccn2)nc1OCC#Cc1ccccc1. The Morgan fingerprint density at radius 2 is 1.47 bits per heavy atom. The van der Waals surface area contributed by atoms with Gasteiger partial charge in [-0.3, -0.25) is 4.72 Å². The minimum atomic E-state index is -4.16. The summed E-state index contributed by atoms with van der Waals surface area (Å²) in [5, 5.41) is 0. The summed E-state index contributed by atoms with van der Waals surface area (Å²) in [6, 6.07) is 24.6. The molecule has 0 radical (unpaired) electrons. The molecule has 11 heteroatoms. The van der Waals surface area contributed by atoms with Crippen LogP contribution in [0.2, 0.25) is 0 Å². The van der Waals surface area contributed by atoms with Crippen molar-refractivity contribution < 1.29 is 22.6 Å². The second-order valence-corrected chi connectivity index (χ2v) is 12.4. The lowest BCUT2D eigenvalue weighted by Crippen LogP contribution is -2.17. The van der Waals surface area contributed by atoms with E-state index in [2.05, 4.69) is 57.3 Å². The van der Waals surface area contributed by atoms with Gasteiger partial charge < -0.3 is 14.2 Å². The normalized spacial score (nSPS) is 11.2. The van der Waals surface area contributed by atoms with E-state index in [0.717, 1.165) is 11.1 Å². The van der Waals surface area contributed by atoms with Gasteiger partial charge >= 0.3 is 0 Å². The highest BCUT2D eigenvalue weighted by Gasteiger charge is 2.26. The number of hydrogen-bond acceptors (Lipinski definition) is 9. The van der Waals surface area contributed by atoms with E-state index >= 15 is 0 Å². The van der Waals surface area contributed by atoms with Gasteiger partial charge in [0.1, 0.15) is 0 Å². The van der Waals surface area contributed by atoms with Gasteiger partial charge in [0.2, 0.25) is 11.6 Å². The predicted molar refractivity (Wildman–Crippen MR) is 171 cm³/mol. The first kappa shape index (κ1) is 31.0. The van der Waals surface area contributed by atoms with Crippen LogP contribution in [0.5, 0.6) is 23.1 Å². The Bertz CT molecular complexity index is 1940. The first-order chi connectivity index (χ1) is 21.6. The molecule has 0 saturated heterocycles. The number of aromatic nitrogens is 4. The smallest absolute Gasteiger partial charge is 0.264 e. The predicted octanol–water partition coefficient (Wildman–Crippen LogP) is 6.26. The van der Waals surface area contributed by atoms with E-state index in [-0.39, 0.29) is 51.8 Å². The summed E-state index contributed by atoms with van der Waals surface area (Å²) in [7, 11) is -2.66. The summed E-state index contributed by atoms with van der Waals surface area (Å²) in [6.45, 7) is 6.06. The van der Waals surface area contributed by atoms with Gasteiger partial charge in [0, 0.05) is 18.0 Å². The highest BCUT2D eigenvalue weighted by atomic mass is 32.2. The van der Waals surface area contributed by atoms with Gasteiger partial charge in [0.05, 0.1) is 12.0 Å². The molecular weight excluding hydrogens is 590 g/mol. The molecule has 0 unspecified atom stereocenters. The zero-order valence-corrected chi connectivity index (χ0v) is 26.0. The van der Waals surface area contributed by atoms with Gasteiger partial charge in [-0.1, -0.05) is 75.1 Å². The standard InChI is InChI=1S/C34H31N5O5S/c1-34(2,3)25-17-19-26(20-18-25)45(40,41)39-30-29(44-28-16-9-8-15-27(28)42-4)33(38-32(37-30)31-35-21-11-22-36-31)43-23-10-14-24-12-6-5-7-13-24/h5-9,11-13,15-22H,23H2,1-4H3,(H,37,38,39). The van der Waals surface area contributed by atoms with E-state index < -0.39 is 10.0 Å². The van der Waals surface area contributed by atoms with E-state index in [1.807, 2.05) is 30.3 Å². The summed E-state index contributed by atoms with van der Waals surface area (Å²) in [5.41, 5.74) is 1.64. The molecule has 0 aliphatic rings. The lowest BCUT2D eigenvalue weighted by atomic mass is 9.87. The van der Waals surface area contributed by atoms with Gasteiger partial charge in [0.15, 0.2) is 29.7 Å². The van der Waals surface area contributed by atoms with Gasteiger partial charge in [-0.25, -0.2) is 23.4 Å². The number of rotatable bonds is 9. The molecule has 0 amide bonds. The highest BCUT2D eigenvalue weighted by Crippen LogP contribution is 2.41. The molecular formula is C34H31N5O5S. The zero-order chi connectivity index (χ0) is 31.9. The maximum Gasteiger partial charge on any atom is 0.264 e. The Labute approximate surface area is 262 Å². The second kappa shape index (κ2) is 13.4. The Kier molecular flexibility index (Phi) is 9.25. The molecule has 1 N–H and O–H groups in total. The Balaban J connectivity index is 1.61. The fourth-order valence-electron chi connectivity index (χ4n) is 4.10. The molecule has 228 valence electrons. The van der Waals surface area contributed by atoms with Crippen LogP contribution in [0.15, 0.2) is 102 Å². The van der Waals surface area contributed by atoms with Crippen LogP contribution in [-0.4, -0.2) is 42.1 Å². The summed E-state index contributed by atoms with van der Waals surface area (Å²) >= 11 is 0. The van der Waals surface area contributed by atoms with E-state index in [9.17, 15) is 8.42 Å². The van der Waals surface area contributed by atoms with Gasteiger partial charge in [-0.15, -0.1) is 0 Å². The minimum Gasteiger partial charge on any atom is -0.493 e. The molecule has 3 aromatic carbocycles. The average Bonchev–Trinajstić information content (AvgIpc) is 3.05. The monoisotopic (exact) mass is 621 g/mol. The third kappa shape index (κ3) is 7.74. The molecule has 0 atom stereocenters. The average molecular weight is 622 g/mol. The van der Waals surface area contributed by atoms with Crippen molar-refractivity contribution in [3.05, 3.63) is 108 Å². The number of nitrogens with zero attached hydrogens (tertiary/aromatic N) is 4. The van der Waals surface area contributed by atoms with Crippen molar-refractivity contribution in [3.63, 3.8) is 0 Å². The number of sulfonamides is 1. The molecule has 10 nitrogen and oxygen atoms in total. The van der Waals surface area contributed by atoms with E-state index in [0.29, 0.717) is 5.75 Å². The largest absolute Gasteiger partial charge is 0.493 e. The summed E-state index contributed by atoms with van der Waals surface area (Å²) in [4.78, 5) is 17.5. The molecule has 0 aliphatic heterocycles. The first-order valence-electron chi connectivity index (χ1n) is 13.9. The third-order valence-corrected chi connectivity index (χ3v) is 7.79. The van der Waals surface area contributed by atoms with Gasteiger partial charge in [-0.2, -0.15) is 4.98 Å². The molecule has 2 aromatic heterocycles. The second-order valence-electron chi connectivity index (χ2n) is 10.7. The number of para-hydroxylation sites is 2. The molecule has 0 aliphatic carbocycles. The summed E-state index contributed by atoms with van der Waals surface area (Å²) in [6.07, 6.45) is 3.05. The number of methoxy groups -OCH3 is 1. The van der Waals surface area contributed by atoms with Crippen LogP contribution in [0.25, 0.3) is 11.6 Å². The fraction of sp³-hybridized carbons (Fsp3) is 0.176. The van der Waals surface area contributed by atoms with Crippen LogP contribution in [0.3, 0.4) is 0 Å². The quantitative estimate of drug-likeness (QED) is 0.190. The molecule has 0 fully saturated rings. The Morgan fingerprint density at radius 3 is 2.13 bits per heavy atom. The Hall–Kier alpha value is -5.47. The van der Waals surface area contributed by atoms with Crippen molar-refractivity contribution in [2.75, 3.05) is 18.4 Å². The molecule has 5 aromatic rings. The number of ether oxygens (including phenoxy) is 3. The first-order valence-corrected chi connectivity index (χ1v) is 15.4. The number of nitrogens with one attached hydrogen (secondary N) is 1. The van der Waals surface area contributed by atoms with E-state index in [4.69, 9.17) is 14.2 Å². The number of anilines is 1. The van der Waals surface area contributed by atoms with Crippen LogP contribution in [0, 0.1) is 11.8 Å². The van der Waals surface area contributed by atoms with Crippen molar-refractivity contribution >= 4 is 15.8 Å². The minimum absolute atomic E-state index is 0.00905. The zero-order valence-electron chi connectivity index (χ0n) is 25.2. The molecule has 0 saturated carbocycles. The topological polar surface area (TPSA) is 125 Å². The molecule has 45 heavy (non-hydrogen) atoms. The van der Waals surface area contributed by atoms with Gasteiger partial charge in [0.25, 0.3) is 15.9 Å². The third-order valence-electron chi connectivity index (χ3n) is 6.43. The van der Waals surface area contributed by atoms with Crippen molar-refractivity contribution in [2.45, 2.75) is 31.1 Å². The van der Waals surface area contributed by atoms with Crippen molar-refractivity contribution in [1.82, 2.24) is 19.9 Å². The molecule has 2 heterocycles. The molecule has 0 bridgehead atoms. The van der Waals surface area contributed by atoms with Crippen LogP contribution < -0.4 is 18.9 Å². The van der Waals surface area contributed by atoms with Crippen LogP contribution in [0.4, 0.5) is 5.82 Å². The van der Waals surface area contributed by atoms with Crippen LogP contribution in [0.1, 0.15) is 31.9 Å². The highest BCUT2D eigenvalue weighted by molar-refractivity contribution is 7.92. The maximum atomic E-state index is 13.7. The van der Waals surface area contributed by atoms with Crippen LogP contribution >= 0.6 is 0 Å². The lowest BCUT2D eigenvalue weighted by molar-refractivity contribution is 0.324.